The number of rotatable bonds is 7. The Morgan fingerprint density at radius 3 is 2.70 bits per heavy atom. The maximum Gasteiger partial charge on any atom is 0.238 e. The number of aromatic nitrogens is 2. The number of nitrogens with one attached hydrogen (secondary N) is 1. The number of sulfonamides is 1. The minimum Gasteiger partial charge on any atom is -0.257 e. The summed E-state index contributed by atoms with van der Waals surface area (Å²) < 4.78 is 27.6. The van der Waals surface area contributed by atoms with E-state index in [1.807, 2.05) is 0 Å². The van der Waals surface area contributed by atoms with Crippen LogP contribution in [0.3, 0.4) is 0 Å². The highest BCUT2D eigenvalue weighted by atomic mass is 35.5. The normalized spacial score (nSPS) is 11.9. The van der Waals surface area contributed by atoms with E-state index in [1.165, 1.54) is 17.4 Å². The van der Waals surface area contributed by atoms with Crippen LogP contribution in [0.2, 0.25) is 10.0 Å². The molecule has 2 rings (SSSR count). The van der Waals surface area contributed by atoms with Crippen molar-refractivity contribution in [2.45, 2.75) is 23.9 Å². The number of halogens is 2. The maximum atomic E-state index is 12.2. The fourth-order valence-electron chi connectivity index (χ4n) is 1.56. The number of nitrogens with zero attached hydrogens (tertiary/aromatic N) is 2. The standard InChI is InChI=1S/C13H15Cl2N3O2S3/c1-8(2)6-21-13-17-16-12(22-13)18-23(19,20)7-9-3-4-10(14)5-11(9)15/h3-5,8H,6-7H2,1-2H3,(H,16,18). The van der Waals surface area contributed by atoms with Gasteiger partial charge in [-0.15, -0.1) is 10.2 Å². The molecule has 1 N–H and O–H groups in total. The van der Waals surface area contributed by atoms with Crippen molar-refractivity contribution in [1.29, 1.82) is 0 Å². The van der Waals surface area contributed by atoms with E-state index in [2.05, 4.69) is 28.8 Å². The average molecular weight is 412 g/mol. The van der Waals surface area contributed by atoms with Crippen LogP contribution in [0.15, 0.2) is 22.5 Å². The summed E-state index contributed by atoms with van der Waals surface area (Å²) in [4.78, 5) is 0. The summed E-state index contributed by atoms with van der Waals surface area (Å²) in [6, 6.07) is 4.71. The van der Waals surface area contributed by atoms with E-state index in [0.29, 0.717) is 21.5 Å². The highest BCUT2D eigenvalue weighted by Gasteiger charge is 2.17. The van der Waals surface area contributed by atoms with Crippen molar-refractivity contribution in [2.24, 2.45) is 5.92 Å². The molecule has 0 spiro atoms. The Morgan fingerprint density at radius 2 is 2.04 bits per heavy atom. The molecule has 23 heavy (non-hydrogen) atoms. The average Bonchev–Trinajstić information content (AvgIpc) is 2.86. The van der Waals surface area contributed by atoms with E-state index in [-0.39, 0.29) is 10.9 Å². The van der Waals surface area contributed by atoms with Crippen LogP contribution in [0.1, 0.15) is 19.4 Å². The van der Waals surface area contributed by atoms with Crippen molar-refractivity contribution < 1.29 is 8.42 Å². The lowest BCUT2D eigenvalue weighted by atomic mass is 10.2. The summed E-state index contributed by atoms with van der Waals surface area (Å²) in [6.07, 6.45) is 0. The number of hydrogen-bond donors (Lipinski definition) is 1. The van der Waals surface area contributed by atoms with Gasteiger partial charge in [0, 0.05) is 15.8 Å². The van der Waals surface area contributed by atoms with Crippen LogP contribution in [-0.4, -0.2) is 24.4 Å². The Kier molecular flexibility index (Phi) is 6.56. The molecule has 1 heterocycles. The second kappa shape index (κ2) is 8.02. The van der Waals surface area contributed by atoms with E-state index in [1.54, 1.807) is 23.9 Å². The van der Waals surface area contributed by atoms with Crippen LogP contribution < -0.4 is 4.72 Å². The molecule has 1 aromatic heterocycles. The lowest BCUT2D eigenvalue weighted by Gasteiger charge is -2.06. The van der Waals surface area contributed by atoms with Crippen molar-refractivity contribution in [2.75, 3.05) is 10.5 Å². The molecule has 5 nitrogen and oxygen atoms in total. The molecule has 0 atom stereocenters. The Morgan fingerprint density at radius 1 is 1.30 bits per heavy atom. The number of hydrogen-bond acceptors (Lipinski definition) is 6. The van der Waals surface area contributed by atoms with Gasteiger partial charge in [0.15, 0.2) is 4.34 Å². The van der Waals surface area contributed by atoms with Gasteiger partial charge >= 0.3 is 0 Å². The molecular formula is C13H15Cl2N3O2S3. The van der Waals surface area contributed by atoms with Gasteiger partial charge in [-0.3, -0.25) is 4.72 Å². The predicted octanol–water partition coefficient (Wildman–Crippen LogP) is 4.53. The van der Waals surface area contributed by atoms with Crippen molar-refractivity contribution >= 4 is 61.5 Å². The molecule has 1 aromatic carbocycles. The van der Waals surface area contributed by atoms with E-state index in [4.69, 9.17) is 23.2 Å². The highest BCUT2D eigenvalue weighted by molar-refractivity contribution is 8.01. The molecule has 0 amide bonds. The monoisotopic (exact) mass is 411 g/mol. The molecule has 0 aliphatic rings. The smallest absolute Gasteiger partial charge is 0.238 e. The molecule has 10 heteroatoms. The Bertz CT molecular complexity index is 779. The third-order valence-corrected chi connectivity index (χ3v) is 6.86. The summed E-state index contributed by atoms with van der Waals surface area (Å²) in [5, 5.41) is 8.85. The van der Waals surface area contributed by atoms with E-state index >= 15 is 0 Å². The summed E-state index contributed by atoms with van der Waals surface area (Å²) in [7, 11) is -3.62. The summed E-state index contributed by atoms with van der Waals surface area (Å²) in [5.41, 5.74) is 0.475. The van der Waals surface area contributed by atoms with Crippen LogP contribution in [0.5, 0.6) is 0 Å². The first-order valence-corrected chi connectivity index (χ1v) is 10.9. The molecule has 0 bridgehead atoms. The zero-order chi connectivity index (χ0) is 17.0. The lowest BCUT2D eigenvalue weighted by molar-refractivity contribution is 0.600. The summed E-state index contributed by atoms with van der Waals surface area (Å²) in [5.74, 6) is 1.18. The topological polar surface area (TPSA) is 72.0 Å². The Labute approximate surface area is 153 Å². The van der Waals surface area contributed by atoms with E-state index in [0.717, 1.165) is 10.1 Å². The van der Waals surface area contributed by atoms with Gasteiger partial charge in [0.2, 0.25) is 15.2 Å². The second-order valence-corrected chi connectivity index (χ2v) is 9.99. The van der Waals surface area contributed by atoms with Crippen LogP contribution in [0.4, 0.5) is 5.13 Å². The zero-order valence-electron chi connectivity index (χ0n) is 12.4. The molecule has 0 saturated heterocycles. The van der Waals surface area contributed by atoms with E-state index < -0.39 is 10.0 Å². The molecule has 2 aromatic rings. The lowest BCUT2D eigenvalue weighted by Crippen LogP contribution is -2.15. The molecule has 0 aliphatic heterocycles. The first kappa shape index (κ1) is 18.8. The van der Waals surface area contributed by atoms with Gasteiger partial charge in [0.25, 0.3) is 0 Å². The molecular weight excluding hydrogens is 397 g/mol. The van der Waals surface area contributed by atoms with E-state index in [9.17, 15) is 8.42 Å². The molecule has 0 fully saturated rings. The minimum absolute atomic E-state index is 0.251. The molecule has 126 valence electrons. The van der Waals surface area contributed by atoms with Crippen LogP contribution in [-0.2, 0) is 15.8 Å². The Hall–Kier alpha value is -0.540. The van der Waals surface area contributed by atoms with Gasteiger partial charge in [-0.25, -0.2) is 8.42 Å². The summed E-state index contributed by atoms with van der Waals surface area (Å²) >= 11 is 14.6. The summed E-state index contributed by atoms with van der Waals surface area (Å²) in [6.45, 7) is 4.21. The third kappa shape index (κ3) is 6.11. The van der Waals surface area contributed by atoms with Crippen LogP contribution in [0, 0.1) is 5.92 Å². The highest BCUT2D eigenvalue weighted by Crippen LogP contribution is 2.28. The van der Waals surface area contributed by atoms with Gasteiger partial charge in [-0.05, 0) is 23.6 Å². The molecule has 0 saturated carbocycles. The first-order valence-electron chi connectivity index (χ1n) is 6.66. The molecule has 0 aliphatic carbocycles. The minimum atomic E-state index is -3.62. The van der Waals surface area contributed by atoms with Crippen molar-refractivity contribution in [3.8, 4) is 0 Å². The molecule has 0 radical (unpaired) electrons. The van der Waals surface area contributed by atoms with Gasteiger partial charge < -0.3 is 0 Å². The SMILES string of the molecule is CC(C)CSc1nnc(NS(=O)(=O)Cc2ccc(Cl)cc2Cl)s1. The third-order valence-electron chi connectivity index (χ3n) is 2.55. The fraction of sp³-hybridized carbons (Fsp3) is 0.385. The van der Waals surface area contributed by atoms with Gasteiger partial charge in [0.05, 0.1) is 5.75 Å². The quantitative estimate of drug-likeness (QED) is 0.677. The second-order valence-electron chi connectivity index (χ2n) is 5.17. The maximum absolute atomic E-state index is 12.2. The van der Waals surface area contributed by atoms with Crippen molar-refractivity contribution in [1.82, 2.24) is 10.2 Å². The zero-order valence-corrected chi connectivity index (χ0v) is 16.4. The van der Waals surface area contributed by atoms with Crippen LogP contribution in [0.25, 0.3) is 0 Å². The predicted molar refractivity (Wildman–Crippen MR) is 98.2 cm³/mol. The van der Waals surface area contributed by atoms with Gasteiger partial charge in [-0.1, -0.05) is 66.2 Å². The number of benzene rings is 1. The van der Waals surface area contributed by atoms with Gasteiger partial charge in [0.1, 0.15) is 0 Å². The van der Waals surface area contributed by atoms with Crippen LogP contribution >= 0.6 is 46.3 Å². The van der Waals surface area contributed by atoms with Crippen molar-refractivity contribution in [3.63, 3.8) is 0 Å². The van der Waals surface area contributed by atoms with Gasteiger partial charge in [-0.2, -0.15) is 0 Å². The van der Waals surface area contributed by atoms with Crippen molar-refractivity contribution in [3.05, 3.63) is 33.8 Å². The largest absolute Gasteiger partial charge is 0.257 e. The molecule has 0 unspecified atom stereocenters. The Balaban J connectivity index is 2.03. The number of anilines is 1. The number of thioether (sulfide) groups is 1. The first-order chi connectivity index (χ1) is 10.7. The fourth-order valence-corrected chi connectivity index (χ4v) is 5.28.